The van der Waals surface area contributed by atoms with E-state index in [0.29, 0.717) is 18.1 Å². The van der Waals surface area contributed by atoms with Crippen molar-refractivity contribution >= 4 is 11.9 Å². The van der Waals surface area contributed by atoms with Gasteiger partial charge in [0.1, 0.15) is 6.04 Å². The van der Waals surface area contributed by atoms with Gasteiger partial charge in [0.25, 0.3) is 0 Å². The second-order valence-electron chi connectivity index (χ2n) is 5.33. The molecule has 1 heterocycles. The van der Waals surface area contributed by atoms with Gasteiger partial charge in [-0.15, -0.1) is 0 Å². The van der Waals surface area contributed by atoms with Crippen molar-refractivity contribution in [3.8, 4) is 0 Å². The summed E-state index contributed by atoms with van der Waals surface area (Å²) >= 11 is 0. The van der Waals surface area contributed by atoms with E-state index in [1.165, 1.54) is 0 Å². The van der Waals surface area contributed by atoms with Crippen LogP contribution < -0.4 is 5.32 Å². The van der Waals surface area contributed by atoms with Crippen LogP contribution in [0.2, 0.25) is 0 Å². The van der Waals surface area contributed by atoms with Crippen molar-refractivity contribution in [1.82, 2.24) is 15.5 Å². The Bertz CT molecular complexity index is 468. The Morgan fingerprint density at radius 2 is 1.95 bits per heavy atom. The molecule has 1 rings (SSSR count). The standard InChI is InChI=1S/C13H21N3O4/c1-7(2)11(13(18)19)14-9(17)5-6-10-15-12(8(3)4)16-20-10/h7-8,11H,5-6H2,1-4H3,(H,14,17)(H,18,19)/t11-/m1/s1. The maximum Gasteiger partial charge on any atom is 0.326 e. The average Bonchev–Trinajstić information content (AvgIpc) is 2.81. The number of carboxylic acids is 1. The van der Waals surface area contributed by atoms with Crippen LogP contribution in [0.3, 0.4) is 0 Å². The molecule has 0 bridgehead atoms. The molecule has 1 amide bonds. The van der Waals surface area contributed by atoms with Gasteiger partial charge >= 0.3 is 5.97 Å². The topological polar surface area (TPSA) is 105 Å². The lowest BCUT2D eigenvalue weighted by atomic mass is 10.0. The van der Waals surface area contributed by atoms with E-state index < -0.39 is 12.0 Å². The van der Waals surface area contributed by atoms with Crippen LogP contribution in [0, 0.1) is 5.92 Å². The Morgan fingerprint density at radius 1 is 1.30 bits per heavy atom. The zero-order valence-electron chi connectivity index (χ0n) is 12.2. The third-order valence-corrected chi connectivity index (χ3v) is 2.82. The number of carbonyl (C=O) groups is 2. The number of aromatic nitrogens is 2. The maximum atomic E-state index is 11.7. The summed E-state index contributed by atoms with van der Waals surface area (Å²) < 4.78 is 5.02. The van der Waals surface area contributed by atoms with Gasteiger partial charge in [0.2, 0.25) is 11.8 Å². The summed E-state index contributed by atoms with van der Waals surface area (Å²) in [7, 11) is 0. The molecule has 0 unspecified atom stereocenters. The molecule has 0 aliphatic rings. The van der Waals surface area contributed by atoms with Crippen LogP contribution in [0.4, 0.5) is 0 Å². The molecule has 112 valence electrons. The first-order chi connectivity index (χ1) is 9.31. The molecular weight excluding hydrogens is 262 g/mol. The van der Waals surface area contributed by atoms with Crippen molar-refractivity contribution < 1.29 is 19.2 Å². The van der Waals surface area contributed by atoms with E-state index in [0.717, 1.165) is 0 Å². The Hall–Kier alpha value is -1.92. The molecule has 0 radical (unpaired) electrons. The van der Waals surface area contributed by atoms with Gasteiger partial charge in [0.05, 0.1) is 0 Å². The molecule has 0 aliphatic heterocycles. The van der Waals surface area contributed by atoms with Gasteiger partial charge in [-0.2, -0.15) is 4.98 Å². The van der Waals surface area contributed by atoms with E-state index in [1.54, 1.807) is 13.8 Å². The molecule has 20 heavy (non-hydrogen) atoms. The summed E-state index contributed by atoms with van der Waals surface area (Å²) in [6.45, 7) is 7.38. The SMILES string of the molecule is CC(C)c1noc(CCC(=O)N[C@@H](C(=O)O)C(C)C)n1. The number of amides is 1. The molecule has 1 aromatic rings. The number of nitrogens with one attached hydrogen (secondary N) is 1. The summed E-state index contributed by atoms with van der Waals surface area (Å²) in [5.74, 6) is -0.388. The molecule has 7 heteroatoms. The third-order valence-electron chi connectivity index (χ3n) is 2.82. The van der Waals surface area contributed by atoms with Gasteiger partial charge in [-0.25, -0.2) is 4.79 Å². The molecule has 0 fully saturated rings. The fourth-order valence-corrected chi connectivity index (χ4v) is 1.58. The average molecular weight is 283 g/mol. The van der Waals surface area contributed by atoms with Gasteiger partial charge < -0.3 is 14.9 Å². The number of hydrogen-bond donors (Lipinski definition) is 2. The predicted molar refractivity (Wildman–Crippen MR) is 71.1 cm³/mol. The van der Waals surface area contributed by atoms with Crippen LogP contribution >= 0.6 is 0 Å². The highest BCUT2D eigenvalue weighted by Gasteiger charge is 2.23. The molecule has 7 nitrogen and oxygen atoms in total. The van der Waals surface area contributed by atoms with Crippen LogP contribution in [-0.2, 0) is 16.0 Å². The summed E-state index contributed by atoms with van der Waals surface area (Å²) in [6.07, 6.45) is 0.423. The molecule has 0 saturated carbocycles. The summed E-state index contributed by atoms with van der Waals surface area (Å²) in [5, 5.41) is 15.3. The minimum Gasteiger partial charge on any atom is -0.480 e. The number of rotatable bonds is 7. The Morgan fingerprint density at radius 3 is 2.40 bits per heavy atom. The third kappa shape index (κ3) is 4.64. The second-order valence-corrected chi connectivity index (χ2v) is 5.33. The van der Waals surface area contributed by atoms with E-state index in [1.807, 2.05) is 13.8 Å². The highest BCUT2D eigenvalue weighted by atomic mass is 16.5. The molecule has 1 aromatic heterocycles. The molecule has 0 saturated heterocycles. The van der Waals surface area contributed by atoms with E-state index in [9.17, 15) is 9.59 Å². The first kappa shape index (κ1) is 16.1. The van der Waals surface area contributed by atoms with Crippen LogP contribution in [0.5, 0.6) is 0 Å². The monoisotopic (exact) mass is 283 g/mol. The molecule has 0 spiro atoms. The van der Waals surface area contributed by atoms with E-state index in [2.05, 4.69) is 15.5 Å². The minimum absolute atomic E-state index is 0.121. The second kappa shape index (κ2) is 7.02. The molecule has 0 aliphatic carbocycles. The number of nitrogens with zero attached hydrogens (tertiary/aromatic N) is 2. The van der Waals surface area contributed by atoms with E-state index in [4.69, 9.17) is 9.63 Å². The molecule has 1 atom stereocenters. The van der Waals surface area contributed by atoms with Crippen molar-refractivity contribution in [3.63, 3.8) is 0 Å². The van der Waals surface area contributed by atoms with Gasteiger partial charge in [-0.1, -0.05) is 32.9 Å². The Labute approximate surface area is 117 Å². The number of aryl methyl sites for hydroxylation is 1. The highest BCUT2D eigenvalue weighted by molar-refractivity contribution is 5.83. The van der Waals surface area contributed by atoms with Crippen molar-refractivity contribution in [3.05, 3.63) is 11.7 Å². The van der Waals surface area contributed by atoms with Crippen LogP contribution in [0.15, 0.2) is 4.52 Å². The van der Waals surface area contributed by atoms with E-state index >= 15 is 0 Å². The van der Waals surface area contributed by atoms with Crippen molar-refractivity contribution in [1.29, 1.82) is 0 Å². The minimum atomic E-state index is -1.03. The van der Waals surface area contributed by atoms with Gasteiger partial charge in [0, 0.05) is 18.8 Å². The molecule has 2 N–H and O–H groups in total. The van der Waals surface area contributed by atoms with E-state index in [-0.39, 0.29) is 24.2 Å². The molecular formula is C13H21N3O4. The quantitative estimate of drug-likeness (QED) is 0.782. The normalized spacial score (nSPS) is 12.7. The van der Waals surface area contributed by atoms with Crippen molar-refractivity contribution in [2.45, 2.75) is 52.5 Å². The van der Waals surface area contributed by atoms with Crippen LogP contribution in [0.25, 0.3) is 0 Å². The first-order valence-electron chi connectivity index (χ1n) is 6.66. The summed E-state index contributed by atoms with van der Waals surface area (Å²) in [6, 6.07) is -0.878. The zero-order chi connectivity index (χ0) is 15.3. The Balaban J connectivity index is 2.48. The van der Waals surface area contributed by atoms with Crippen LogP contribution in [-0.4, -0.2) is 33.2 Å². The Kier molecular flexibility index (Phi) is 5.66. The summed E-state index contributed by atoms with van der Waals surface area (Å²) in [4.78, 5) is 26.8. The van der Waals surface area contributed by atoms with Gasteiger partial charge in [-0.3, -0.25) is 4.79 Å². The molecule has 0 aromatic carbocycles. The summed E-state index contributed by atoms with van der Waals surface area (Å²) in [5.41, 5.74) is 0. The van der Waals surface area contributed by atoms with Crippen LogP contribution in [0.1, 0.15) is 51.7 Å². The fourth-order valence-electron chi connectivity index (χ4n) is 1.58. The van der Waals surface area contributed by atoms with Crippen molar-refractivity contribution in [2.75, 3.05) is 0 Å². The maximum absolute atomic E-state index is 11.7. The van der Waals surface area contributed by atoms with Crippen molar-refractivity contribution in [2.24, 2.45) is 5.92 Å². The number of aliphatic carboxylic acids is 1. The highest BCUT2D eigenvalue weighted by Crippen LogP contribution is 2.10. The fraction of sp³-hybridized carbons (Fsp3) is 0.692. The first-order valence-corrected chi connectivity index (χ1v) is 6.66. The zero-order valence-corrected chi connectivity index (χ0v) is 12.2. The van der Waals surface area contributed by atoms with Gasteiger partial charge in [-0.05, 0) is 5.92 Å². The largest absolute Gasteiger partial charge is 0.480 e. The predicted octanol–water partition coefficient (Wildman–Crippen LogP) is 1.35. The van der Waals surface area contributed by atoms with Gasteiger partial charge in [0.15, 0.2) is 5.82 Å². The lowest BCUT2D eigenvalue weighted by molar-refractivity contribution is -0.143. The number of carboxylic acid groups (broad SMARTS) is 1. The number of hydrogen-bond acceptors (Lipinski definition) is 5. The lowest BCUT2D eigenvalue weighted by Crippen LogP contribution is -2.44. The smallest absolute Gasteiger partial charge is 0.326 e. The number of carbonyl (C=O) groups excluding carboxylic acids is 1. The lowest BCUT2D eigenvalue weighted by Gasteiger charge is -2.17.